The van der Waals surface area contributed by atoms with Crippen LogP contribution in [0.3, 0.4) is 0 Å². The van der Waals surface area contributed by atoms with E-state index in [-0.39, 0.29) is 0 Å². The number of benzene rings is 3. The summed E-state index contributed by atoms with van der Waals surface area (Å²) in [6, 6.07) is 25.3. The van der Waals surface area contributed by atoms with Crippen molar-refractivity contribution in [2.45, 2.75) is 12.5 Å². The fourth-order valence-corrected chi connectivity index (χ4v) is 2.97. The first-order chi connectivity index (χ1) is 11.7. The minimum Gasteiger partial charge on any atom is -0.381 e. The fraction of sp³-hybridized carbons (Fsp3) is 0.0952. The topological polar surface area (TPSA) is 46.3 Å². The molecule has 4 rings (SSSR count). The van der Waals surface area contributed by atoms with Gasteiger partial charge in [-0.25, -0.2) is 0 Å². The Kier molecular flexibility index (Phi) is 3.44. The zero-order valence-corrected chi connectivity index (χ0v) is 13.3. The highest BCUT2D eigenvalue weighted by Gasteiger charge is 2.26. The summed E-state index contributed by atoms with van der Waals surface area (Å²) in [7, 11) is 0. The molecule has 0 aliphatic carbocycles. The molecule has 0 aliphatic rings. The van der Waals surface area contributed by atoms with Gasteiger partial charge in [0.25, 0.3) is 0 Å². The van der Waals surface area contributed by atoms with Crippen molar-refractivity contribution in [1.29, 1.82) is 0 Å². The third-order valence-corrected chi connectivity index (χ3v) is 4.41. The Bertz CT molecular complexity index is 973. The van der Waals surface area contributed by atoms with Crippen molar-refractivity contribution in [3.8, 4) is 11.3 Å². The molecule has 1 atom stereocenters. The van der Waals surface area contributed by atoms with Crippen LogP contribution in [-0.2, 0) is 5.60 Å². The van der Waals surface area contributed by atoms with E-state index in [1.807, 2.05) is 78.9 Å². The smallest absolute Gasteiger partial charge is 0.174 e. The molecule has 3 heteroatoms. The van der Waals surface area contributed by atoms with Gasteiger partial charge < -0.3 is 9.63 Å². The molecule has 3 aromatic carbocycles. The van der Waals surface area contributed by atoms with E-state index in [2.05, 4.69) is 5.16 Å². The summed E-state index contributed by atoms with van der Waals surface area (Å²) < 4.78 is 5.54. The van der Waals surface area contributed by atoms with Gasteiger partial charge in [-0.15, -0.1) is 0 Å². The molecule has 0 saturated heterocycles. The lowest BCUT2D eigenvalue weighted by molar-refractivity contribution is 0.102. The number of nitrogens with zero attached hydrogens (tertiary/aromatic N) is 1. The van der Waals surface area contributed by atoms with Crippen LogP contribution in [0.2, 0.25) is 0 Å². The number of hydrogen-bond acceptors (Lipinski definition) is 3. The third kappa shape index (κ3) is 2.39. The van der Waals surface area contributed by atoms with Gasteiger partial charge in [0.05, 0.1) is 5.39 Å². The normalized spacial score (nSPS) is 13.8. The predicted molar refractivity (Wildman–Crippen MR) is 94.6 cm³/mol. The van der Waals surface area contributed by atoms with Crippen LogP contribution >= 0.6 is 0 Å². The average Bonchev–Trinajstić information content (AvgIpc) is 3.06. The van der Waals surface area contributed by atoms with E-state index in [1.165, 1.54) is 0 Å². The van der Waals surface area contributed by atoms with Crippen LogP contribution in [-0.4, -0.2) is 10.3 Å². The minimum absolute atomic E-state index is 0.719. The largest absolute Gasteiger partial charge is 0.381 e. The van der Waals surface area contributed by atoms with Gasteiger partial charge in [-0.05, 0) is 30.2 Å². The highest BCUT2D eigenvalue weighted by atomic mass is 16.5. The van der Waals surface area contributed by atoms with E-state index in [9.17, 15) is 5.11 Å². The molecule has 0 fully saturated rings. The van der Waals surface area contributed by atoms with Gasteiger partial charge >= 0.3 is 0 Å². The highest BCUT2D eigenvalue weighted by Crippen LogP contribution is 2.34. The third-order valence-electron chi connectivity index (χ3n) is 4.41. The van der Waals surface area contributed by atoms with Gasteiger partial charge in [0.15, 0.2) is 5.76 Å². The molecular weight excluding hydrogens is 298 g/mol. The summed E-state index contributed by atoms with van der Waals surface area (Å²) in [5, 5.41) is 16.1. The van der Waals surface area contributed by atoms with Crippen LogP contribution in [0.5, 0.6) is 0 Å². The van der Waals surface area contributed by atoms with Gasteiger partial charge in [0.1, 0.15) is 11.1 Å². The summed E-state index contributed by atoms with van der Waals surface area (Å²) in [4.78, 5) is 0. The number of rotatable bonds is 3. The van der Waals surface area contributed by atoms with Gasteiger partial charge in [-0.1, -0.05) is 71.9 Å². The molecule has 24 heavy (non-hydrogen) atoms. The van der Waals surface area contributed by atoms with Gasteiger partial charge in [-0.3, -0.25) is 0 Å². The van der Waals surface area contributed by atoms with Crippen molar-refractivity contribution < 1.29 is 9.63 Å². The van der Waals surface area contributed by atoms with E-state index in [0.717, 1.165) is 33.4 Å². The molecule has 0 saturated carbocycles. The first kappa shape index (κ1) is 14.7. The summed E-state index contributed by atoms with van der Waals surface area (Å²) in [6.07, 6.45) is 0. The Morgan fingerprint density at radius 1 is 0.833 bits per heavy atom. The lowest BCUT2D eigenvalue weighted by Gasteiger charge is -2.24. The Labute approximate surface area is 140 Å². The van der Waals surface area contributed by atoms with Crippen LogP contribution in [0.15, 0.2) is 83.4 Å². The minimum atomic E-state index is -1.08. The fourth-order valence-electron chi connectivity index (χ4n) is 2.97. The van der Waals surface area contributed by atoms with Crippen LogP contribution < -0.4 is 0 Å². The maximum atomic E-state index is 11.1. The SMILES string of the molecule is CC(O)(c1ccccc1)c1ccc2noc(-c3ccccc3)c2c1. The van der Waals surface area contributed by atoms with E-state index in [0.29, 0.717) is 0 Å². The molecule has 3 nitrogen and oxygen atoms in total. The van der Waals surface area contributed by atoms with E-state index in [1.54, 1.807) is 6.92 Å². The number of aliphatic hydroxyl groups is 1. The molecule has 4 aromatic rings. The number of hydrogen-bond donors (Lipinski definition) is 1. The summed E-state index contributed by atoms with van der Waals surface area (Å²) >= 11 is 0. The lowest BCUT2D eigenvalue weighted by atomic mass is 9.87. The molecular formula is C21H17NO2. The first-order valence-electron chi connectivity index (χ1n) is 7.89. The molecule has 1 unspecified atom stereocenters. The Hall–Kier alpha value is -2.91. The van der Waals surface area contributed by atoms with Crippen molar-refractivity contribution in [2.24, 2.45) is 0 Å². The van der Waals surface area contributed by atoms with Crippen molar-refractivity contribution >= 4 is 10.9 Å². The molecule has 0 bridgehead atoms. The van der Waals surface area contributed by atoms with Crippen LogP contribution in [0.1, 0.15) is 18.1 Å². The van der Waals surface area contributed by atoms with E-state index < -0.39 is 5.60 Å². The average molecular weight is 315 g/mol. The lowest BCUT2D eigenvalue weighted by Crippen LogP contribution is -2.22. The second-order valence-corrected chi connectivity index (χ2v) is 6.05. The molecule has 1 N–H and O–H groups in total. The predicted octanol–water partition coefficient (Wildman–Crippen LogP) is 4.75. The summed E-state index contributed by atoms with van der Waals surface area (Å²) in [5.74, 6) is 0.719. The van der Waals surface area contributed by atoms with E-state index in [4.69, 9.17) is 4.52 Å². The second kappa shape index (κ2) is 5.62. The van der Waals surface area contributed by atoms with Crippen LogP contribution in [0.25, 0.3) is 22.2 Å². The Morgan fingerprint density at radius 2 is 1.50 bits per heavy atom. The summed E-state index contributed by atoms with van der Waals surface area (Å²) in [6.45, 7) is 1.80. The van der Waals surface area contributed by atoms with Gasteiger partial charge in [-0.2, -0.15) is 0 Å². The van der Waals surface area contributed by atoms with Crippen molar-refractivity contribution in [2.75, 3.05) is 0 Å². The molecule has 118 valence electrons. The molecule has 1 aromatic heterocycles. The van der Waals surface area contributed by atoms with Crippen LogP contribution in [0, 0.1) is 0 Å². The maximum Gasteiger partial charge on any atom is 0.174 e. The van der Waals surface area contributed by atoms with Gasteiger partial charge in [0.2, 0.25) is 0 Å². The molecule has 1 heterocycles. The Morgan fingerprint density at radius 3 is 2.21 bits per heavy atom. The van der Waals surface area contributed by atoms with Gasteiger partial charge in [0, 0.05) is 5.56 Å². The molecule has 0 spiro atoms. The zero-order chi connectivity index (χ0) is 16.6. The van der Waals surface area contributed by atoms with Crippen molar-refractivity contribution in [3.63, 3.8) is 0 Å². The number of fused-ring (bicyclic) bond motifs is 1. The maximum absolute atomic E-state index is 11.1. The van der Waals surface area contributed by atoms with E-state index >= 15 is 0 Å². The molecule has 0 radical (unpaired) electrons. The molecule has 0 aliphatic heterocycles. The molecule has 0 amide bonds. The zero-order valence-electron chi connectivity index (χ0n) is 13.3. The second-order valence-electron chi connectivity index (χ2n) is 6.05. The standard InChI is InChI=1S/C21H17NO2/c1-21(23,16-10-6-3-7-11-16)17-12-13-19-18(14-17)20(24-22-19)15-8-4-2-5-9-15/h2-14,23H,1H3. The van der Waals surface area contributed by atoms with Crippen LogP contribution in [0.4, 0.5) is 0 Å². The monoisotopic (exact) mass is 315 g/mol. The first-order valence-corrected chi connectivity index (χ1v) is 7.89. The highest BCUT2D eigenvalue weighted by molar-refractivity contribution is 5.92. The number of aromatic nitrogens is 1. The summed E-state index contributed by atoms with van der Waals surface area (Å²) in [5.41, 5.74) is 2.32. The van der Waals surface area contributed by atoms with Crippen molar-refractivity contribution in [1.82, 2.24) is 5.16 Å². The van der Waals surface area contributed by atoms with Crippen molar-refractivity contribution in [3.05, 3.63) is 90.0 Å². The Balaban J connectivity index is 1.87. The quantitative estimate of drug-likeness (QED) is 0.593.